The zero-order valence-corrected chi connectivity index (χ0v) is 21.1. The second-order valence-electron chi connectivity index (χ2n) is 7.13. The normalized spacial score (nSPS) is 15.4. The number of aromatic nitrogens is 2. The van der Waals surface area contributed by atoms with Gasteiger partial charge in [0, 0.05) is 17.1 Å². The fourth-order valence-corrected chi connectivity index (χ4v) is 6.05. The van der Waals surface area contributed by atoms with Crippen molar-refractivity contribution >= 4 is 69.4 Å². The number of rotatable bonds is 8. The third kappa shape index (κ3) is 6.09. The van der Waals surface area contributed by atoms with Crippen LogP contribution in [-0.2, 0) is 20.9 Å². The number of amides is 2. The van der Waals surface area contributed by atoms with Gasteiger partial charge in [0.05, 0.1) is 18.6 Å². The predicted octanol–water partition coefficient (Wildman–Crippen LogP) is 4.48. The van der Waals surface area contributed by atoms with E-state index in [-0.39, 0.29) is 28.9 Å². The number of esters is 1. The van der Waals surface area contributed by atoms with Crippen molar-refractivity contribution in [2.75, 3.05) is 23.9 Å². The molecule has 1 atom stereocenters. The molecule has 8 nitrogen and oxygen atoms in total. The molecule has 0 spiro atoms. The molecule has 1 fully saturated rings. The van der Waals surface area contributed by atoms with Gasteiger partial charge in [-0.1, -0.05) is 59.0 Å². The fraction of sp³-hybridized carbons (Fsp3) is 0.227. The van der Waals surface area contributed by atoms with Gasteiger partial charge in [-0.3, -0.25) is 19.7 Å². The quantitative estimate of drug-likeness (QED) is 0.256. The molecule has 0 bridgehead atoms. The fourth-order valence-electron chi connectivity index (χ4n) is 3.15. The monoisotopic (exact) mass is 534 g/mol. The van der Waals surface area contributed by atoms with Crippen LogP contribution in [0, 0.1) is 0 Å². The van der Waals surface area contributed by atoms with Crippen LogP contribution in [0.2, 0.25) is 5.02 Å². The Bertz CT molecular complexity index is 1190. The van der Waals surface area contributed by atoms with Gasteiger partial charge in [-0.2, -0.15) is 0 Å². The average molecular weight is 535 g/mol. The van der Waals surface area contributed by atoms with E-state index in [4.69, 9.17) is 11.6 Å². The summed E-state index contributed by atoms with van der Waals surface area (Å²) in [6.45, 7) is 0.489. The molecule has 1 aromatic heterocycles. The lowest BCUT2D eigenvalue weighted by atomic mass is 10.1. The van der Waals surface area contributed by atoms with Crippen LogP contribution >= 0.6 is 46.5 Å². The first-order valence-electron chi connectivity index (χ1n) is 10.0. The third-order valence-corrected chi connectivity index (χ3v) is 8.31. The second kappa shape index (κ2) is 11.2. The summed E-state index contributed by atoms with van der Waals surface area (Å²) in [5.74, 6) is -0.0745. The molecule has 2 aromatic carbocycles. The number of anilines is 1. The first kappa shape index (κ1) is 24.5. The van der Waals surface area contributed by atoms with Gasteiger partial charge < -0.3 is 9.64 Å². The smallest absolute Gasteiger partial charge is 0.316 e. The minimum absolute atomic E-state index is 0.0731. The highest BCUT2D eigenvalue weighted by Crippen LogP contribution is 2.39. The number of methoxy groups -OCH3 is 1. The molecule has 2 amide bonds. The van der Waals surface area contributed by atoms with Gasteiger partial charge in [0.15, 0.2) is 4.34 Å². The first-order chi connectivity index (χ1) is 16.4. The van der Waals surface area contributed by atoms with Crippen molar-refractivity contribution in [2.45, 2.75) is 16.3 Å². The predicted molar refractivity (Wildman–Crippen MR) is 134 cm³/mol. The Labute approximate surface area is 213 Å². The number of thioether (sulfide) groups is 2. The Morgan fingerprint density at radius 2 is 1.91 bits per heavy atom. The topological polar surface area (TPSA) is 101 Å². The molecule has 1 unspecified atom stereocenters. The van der Waals surface area contributed by atoms with E-state index in [1.807, 2.05) is 41.3 Å². The lowest BCUT2D eigenvalue weighted by Gasteiger charge is -2.24. The number of hydrogen-bond acceptors (Lipinski definition) is 9. The Hall–Kier alpha value is -2.60. The second-order valence-corrected chi connectivity index (χ2v) is 10.8. The lowest BCUT2D eigenvalue weighted by Crippen LogP contribution is -2.27. The first-order valence-corrected chi connectivity index (χ1v) is 13.3. The van der Waals surface area contributed by atoms with Gasteiger partial charge in [0.1, 0.15) is 5.37 Å². The highest BCUT2D eigenvalue weighted by Gasteiger charge is 2.32. The van der Waals surface area contributed by atoms with Crippen LogP contribution in [0.25, 0.3) is 0 Å². The van der Waals surface area contributed by atoms with Gasteiger partial charge in [-0.05, 0) is 35.4 Å². The van der Waals surface area contributed by atoms with E-state index in [1.165, 1.54) is 30.2 Å². The Morgan fingerprint density at radius 3 is 2.62 bits per heavy atom. The van der Waals surface area contributed by atoms with E-state index >= 15 is 0 Å². The van der Waals surface area contributed by atoms with Crippen molar-refractivity contribution in [1.82, 2.24) is 15.1 Å². The summed E-state index contributed by atoms with van der Waals surface area (Å²) in [6, 6.07) is 14.6. The molecule has 2 heterocycles. The maximum Gasteiger partial charge on any atom is 0.316 e. The molecule has 0 saturated carbocycles. The Balaban J connectivity index is 1.38. The van der Waals surface area contributed by atoms with Crippen molar-refractivity contribution in [1.29, 1.82) is 0 Å². The maximum absolute atomic E-state index is 12.6. The molecule has 0 radical (unpaired) electrons. The van der Waals surface area contributed by atoms with Crippen LogP contribution < -0.4 is 5.32 Å². The van der Waals surface area contributed by atoms with Crippen LogP contribution in [0.3, 0.4) is 0 Å². The largest absolute Gasteiger partial charge is 0.468 e. The molecule has 1 aliphatic rings. The molecule has 1 saturated heterocycles. The molecular formula is C22H19ClN4O4S3. The zero-order valence-electron chi connectivity index (χ0n) is 17.9. The number of halogens is 1. The number of carbonyl (C=O) groups excluding carboxylic acids is 3. The van der Waals surface area contributed by atoms with Crippen molar-refractivity contribution in [3.8, 4) is 0 Å². The highest BCUT2D eigenvalue weighted by atomic mass is 35.5. The summed E-state index contributed by atoms with van der Waals surface area (Å²) in [4.78, 5) is 38.2. The van der Waals surface area contributed by atoms with Gasteiger partial charge in [0.2, 0.25) is 11.0 Å². The SMILES string of the molecule is COC(=O)CSc1nnc(NC(=O)c2ccc(C3SCC(=O)N3Cc3ccc(Cl)cc3)cc2)s1. The van der Waals surface area contributed by atoms with E-state index in [1.54, 1.807) is 23.9 Å². The molecule has 1 aliphatic heterocycles. The minimum Gasteiger partial charge on any atom is -0.468 e. The summed E-state index contributed by atoms with van der Waals surface area (Å²) in [5, 5.41) is 11.5. The van der Waals surface area contributed by atoms with Crippen molar-refractivity contribution in [3.05, 3.63) is 70.2 Å². The van der Waals surface area contributed by atoms with Crippen LogP contribution in [0.15, 0.2) is 52.9 Å². The van der Waals surface area contributed by atoms with Crippen LogP contribution in [0.1, 0.15) is 26.9 Å². The average Bonchev–Trinajstić information content (AvgIpc) is 3.45. The van der Waals surface area contributed by atoms with Gasteiger partial charge in [-0.25, -0.2) is 0 Å². The van der Waals surface area contributed by atoms with E-state index in [0.29, 0.717) is 32.4 Å². The molecule has 176 valence electrons. The summed E-state index contributed by atoms with van der Waals surface area (Å²) in [5.41, 5.74) is 2.41. The van der Waals surface area contributed by atoms with E-state index in [2.05, 4.69) is 20.3 Å². The molecule has 12 heteroatoms. The number of carbonyl (C=O) groups is 3. The molecule has 1 N–H and O–H groups in total. The van der Waals surface area contributed by atoms with Gasteiger partial charge in [0.25, 0.3) is 5.91 Å². The van der Waals surface area contributed by atoms with E-state index in [0.717, 1.165) is 11.1 Å². The number of ether oxygens (including phenoxy) is 1. The zero-order chi connectivity index (χ0) is 24.1. The number of hydrogen-bond donors (Lipinski definition) is 1. The summed E-state index contributed by atoms with van der Waals surface area (Å²) >= 11 is 9.89. The maximum atomic E-state index is 12.6. The number of nitrogens with one attached hydrogen (secondary N) is 1. The van der Waals surface area contributed by atoms with Gasteiger partial charge in [-0.15, -0.1) is 22.0 Å². The number of benzene rings is 2. The Morgan fingerprint density at radius 1 is 1.18 bits per heavy atom. The molecule has 34 heavy (non-hydrogen) atoms. The van der Waals surface area contributed by atoms with Crippen molar-refractivity contribution in [3.63, 3.8) is 0 Å². The molecule has 4 rings (SSSR count). The molecular weight excluding hydrogens is 516 g/mol. The summed E-state index contributed by atoms with van der Waals surface area (Å²) < 4.78 is 5.15. The molecule has 3 aromatic rings. The minimum atomic E-state index is -0.361. The van der Waals surface area contributed by atoms with Crippen molar-refractivity contribution < 1.29 is 19.1 Å². The summed E-state index contributed by atoms with van der Waals surface area (Å²) in [6.07, 6.45) is 0. The lowest BCUT2D eigenvalue weighted by molar-refractivity contribution is -0.137. The summed E-state index contributed by atoms with van der Waals surface area (Å²) in [7, 11) is 1.32. The highest BCUT2D eigenvalue weighted by molar-refractivity contribution is 8.01. The standard InChI is InChI=1S/C22H19ClN4O4S3/c1-31-18(29)12-33-22-26-25-21(34-22)24-19(30)14-4-6-15(7-5-14)20-27(17(28)11-32-20)10-13-2-8-16(23)9-3-13/h2-9,20H,10-12H2,1H3,(H,24,25,30). The van der Waals surface area contributed by atoms with Gasteiger partial charge >= 0.3 is 5.97 Å². The van der Waals surface area contributed by atoms with Crippen LogP contribution in [-0.4, -0.2) is 51.5 Å². The Kier molecular flexibility index (Phi) is 8.09. The van der Waals surface area contributed by atoms with Crippen LogP contribution in [0.5, 0.6) is 0 Å². The van der Waals surface area contributed by atoms with Crippen molar-refractivity contribution in [2.24, 2.45) is 0 Å². The van der Waals surface area contributed by atoms with E-state index in [9.17, 15) is 14.4 Å². The third-order valence-electron chi connectivity index (χ3n) is 4.86. The van der Waals surface area contributed by atoms with Crippen LogP contribution in [0.4, 0.5) is 5.13 Å². The van der Waals surface area contributed by atoms with E-state index < -0.39 is 0 Å². The number of nitrogens with zero attached hydrogens (tertiary/aromatic N) is 3. The molecule has 0 aliphatic carbocycles.